The molecule has 0 saturated carbocycles. The summed E-state index contributed by atoms with van der Waals surface area (Å²) >= 11 is 6.61. The fourth-order valence-electron chi connectivity index (χ4n) is 4.29. The normalized spacial score (nSPS) is 11.2. The van der Waals surface area contributed by atoms with Crippen molar-refractivity contribution in [2.45, 2.75) is 6.61 Å². The van der Waals surface area contributed by atoms with Gasteiger partial charge in [0.25, 0.3) is 0 Å². The van der Waals surface area contributed by atoms with Gasteiger partial charge in [0.05, 0.1) is 0 Å². The van der Waals surface area contributed by atoms with E-state index in [0.29, 0.717) is 11.8 Å². The van der Waals surface area contributed by atoms with Gasteiger partial charge >= 0.3 is 0 Å². The zero-order valence-corrected chi connectivity index (χ0v) is 19.0. The van der Waals surface area contributed by atoms with Crippen molar-refractivity contribution in [2.75, 3.05) is 0 Å². The first kappa shape index (κ1) is 20.5. The van der Waals surface area contributed by atoms with Crippen LogP contribution in [0.5, 0.6) is 5.75 Å². The van der Waals surface area contributed by atoms with E-state index in [9.17, 15) is 0 Å². The number of aromatic nitrogens is 3. The van der Waals surface area contributed by atoms with E-state index >= 15 is 0 Å². The van der Waals surface area contributed by atoms with E-state index in [0.717, 1.165) is 50.2 Å². The zero-order chi connectivity index (χ0) is 22.9. The number of imidazole rings is 1. The minimum Gasteiger partial charge on any atom is -0.489 e. The molecule has 0 spiro atoms. The van der Waals surface area contributed by atoms with Crippen LogP contribution in [0.15, 0.2) is 109 Å². The number of fused-ring (bicyclic) bond motifs is 2. The lowest BCUT2D eigenvalue weighted by Crippen LogP contribution is -1.95. The molecule has 6 aromatic rings. The van der Waals surface area contributed by atoms with Crippen molar-refractivity contribution in [1.29, 1.82) is 0 Å². The van der Waals surface area contributed by atoms with Gasteiger partial charge in [-0.2, -0.15) is 0 Å². The van der Waals surface area contributed by atoms with Gasteiger partial charge in [0, 0.05) is 23.5 Å². The monoisotopic (exact) mass is 461 g/mol. The van der Waals surface area contributed by atoms with E-state index in [4.69, 9.17) is 21.3 Å². The van der Waals surface area contributed by atoms with Gasteiger partial charge in [0.2, 0.25) is 0 Å². The molecule has 164 valence electrons. The highest BCUT2D eigenvalue weighted by Crippen LogP contribution is 2.36. The number of ether oxygens (including phenoxy) is 1. The molecule has 0 amide bonds. The summed E-state index contributed by atoms with van der Waals surface area (Å²) in [6, 6.07) is 32.6. The van der Waals surface area contributed by atoms with Gasteiger partial charge in [-0.25, -0.2) is 9.97 Å². The van der Waals surface area contributed by atoms with Gasteiger partial charge in [0.1, 0.15) is 29.4 Å². The fraction of sp³-hybridized carbons (Fsp3) is 0.0345. The third-order valence-electron chi connectivity index (χ3n) is 5.90. The fourth-order valence-corrected chi connectivity index (χ4v) is 4.52. The molecule has 0 unspecified atom stereocenters. The standard InChI is InChI=1S/C29H20ClN3O/c30-28-27-26(22-12-6-13-23(18-22)34-19-20-8-2-1-3-9-20)32-29(33(27)17-16-31-28)25-15-7-11-21-10-4-5-14-24(21)25/h1-18H,19H2. The highest BCUT2D eigenvalue weighted by Gasteiger charge is 2.19. The van der Waals surface area contributed by atoms with Crippen LogP contribution in [0.4, 0.5) is 0 Å². The second-order valence-electron chi connectivity index (χ2n) is 8.05. The van der Waals surface area contributed by atoms with Crippen molar-refractivity contribution < 1.29 is 4.74 Å². The largest absolute Gasteiger partial charge is 0.489 e. The quantitative estimate of drug-likeness (QED) is 0.267. The highest BCUT2D eigenvalue weighted by atomic mass is 35.5. The number of rotatable bonds is 5. The SMILES string of the molecule is Clc1nccn2c(-c3cccc4ccccc34)nc(-c3cccc(OCc4ccccc4)c3)c12. The summed E-state index contributed by atoms with van der Waals surface area (Å²) in [5.41, 5.74) is 4.62. The molecule has 0 N–H and O–H groups in total. The maximum atomic E-state index is 6.61. The molecule has 5 heteroatoms. The summed E-state index contributed by atoms with van der Waals surface area (Å²) in [5, 5.41) is 2.71. The number of hydrogen-bond acceptors (Lipinski definition) is 3. The molecule has 2 aromatic heterocycles. The van der Waals surface area contributed by atoms with Crippen LogP contribution in [-0.2, 0) is 6.61 Å². The first-order valence-corrected chi connectivity index (χ1v) is 11.4. The molecule has 0 saturated heterocycles. The molecule has 0 aliphatic heterocycles. The predicted molar refractivity (Wildman–Crippen MR) is 137 cm³/mol. The first-order chi connectivity index (χ1) is 16.8. The van der Waals surface area contributed by atoms with Gasteiger partial charge in [-0.05, 0) is 28.5 Å². The van der Waals surface area contributed by atoms with Crippen LogP contribution in [0.2, 0.25) is 5.15 Å². The maximum absolute atomic E-state index is 6.61. The minimum absolute atomic E-state index is 0.409. The van der Waals surface area contributed by atoms with E-state index in [-0.39, 0.29) is 0 Å². The van der Waals surface area contributed by atoms with Gasteiger partial charge in [-0.3, -0.25) is 4.40 Å². The Kier molecular flexibility index (Phi) is 5.21. The maximum Gasteiger partial charge on any atom is 0.155 e. The third-order valence-corrected chi connectivity index (χ3v) is 6.17. The van der Waals surface area contributed by atoms with E-state index in [1.807, 2.05) is 65.2 Å². The van der Waals surface area contributed by atoms with Crippen LogP contribution in [0.25, 0.3) is 38.9 Å². The van der Waals surface area contributed by atoms with Gasteiger partial charge in [-0.1, -0.05) is 96.5 Å². The van der Waals surface area contributed by atoms with E-state index in [1.54, 1.807) is 6.20 Å². The number of nitrogens with zero attached hydrogens (tertiary/aromatic N) is 3. The first-order valence-electron chi connectivity index (χ1n) is 11.1. The highest BCUT2D eigenvalue weighted by molar-refractivity contribution is 6.33. The van der Waals surface area contributed by atoms with Crippen molar-refractivity contribution in [2.24, 2.45) is 0 Å². The van der Waals surface area contributed by atoms with Crippen LogP contribution in [0.3, 0.4) is 0 Å². The summed E-state index contributed by atoms with van der Waals surface area (Å²) < 4.78 is 8.08. The van der Waals surface area contributed by atoms with Crippen molar-refractivity contribution in [3.8, 4) is 28.4 Å². The van der Waals surface area contributed by atoms with Crippen molar-refractivity contribution in [3.63, 3.8) is 0 Å². The number of hydrogen-bond donors (Lipinski definition) is 0. The summed E-state index contributed by atoms with van der Waals surface area (Å²) in [5.74, 6) is 1.59. The average molecular weight is 462 g/mol. The lowest BCUT2D eigenvalue weighted by atomic mass is 10.0. The zero-order valence-electron chi connectivity index (χ0n) is 18.2. The molecule has 0 aliphatic carbocycles. The summed E-state index contributed by atoms with van der Waals surface area (Å²) in [6.07, 6.45) is 3.61. The van der Waals surface area contributed by atoms with Gasteiger partial charge in [-0.15, -0.1) is 0 Å². The van der Waals surface area contributed by atoms with Crippen molar-refractivity contribution in [1.82, 2.24) is 14.4 Å². The number of halogens is 1. The predicted octanol–water partition coefficient (Wildman–Crippen LogP) is 7.45. The Morgan fingerprint density at radius 2 is 1.62 bits per heavy atom. The molecule has 0 atom stereocenters. The topological polar surface area (TPSA) is 39.4 Å². The van der Waals surface area contributed by atoms with Gasteiger partial charge in [0.15, 0.2) is 5.15 Å². The molecule has 0 aliphatic rings. The molecule has 34 heavy (non-hydrogen) atoms. The van der Waals surface area contributed by atoms with E-state index in [2.05, 4.69) is 47.4 Å². The third kappa shape index (κ3) is 3.68. The van der Waals surface area contributed by atoms with E-state index < -0.39 is 0 Å². The van der Waals surface area contributed by atoms with Crippen LogP contribution < -0.4 is 4.74 Å². The number of benzene rings is 4. The lowest BCUT2D eigenvalue weighted by molar-refractivity contribution is 0.306. The van der Waals surface area contributed by atoms with Crippen molar-refractivity contribution in [3.05, 3.63) is 120 Å². The Hall–Kier alpha value is -4.15. The van der Waals surface area contributed by atoms with Crippen LogP contribution in [0, 0.1) is 0 Å². The Labute approximate surface area is 202 Å². The molecular formula is C29H20ClN3O. The Bertz CT molecular complexity index is 1620. The average Bonchev–Trinajstić information content (AvgIpc) is 3.29. The molecule has 4 nitrogen and oxygen atoms in total. The lowest BCUT2D eigenvalue weighted by Gasteiger charge is -2.08. The molecule has 4 aromatic carbocycles. The van der Waals surface area contributed by atoms with E-state index in [1.165, 1.54) is 0 Å². The Morgan fingerprint density at radius 3 is 2.53 bits per heavy atom. The summed E-state index contributed by atoms with van der Waals surface area (Å²) in [7, 11) is 0. The molecule has 6 rings (SSSR count). The van der Waals surface area contributed by atoms with Crippen LogP contribution >= 0.6 is 11.6 Å². The summed E-state index contributed by atoms with van der Waals surface area (Å²) in [6.45, 7) is 0.498. The summed E-state index contributed by atoms with van der Waals surface area (Å²) in [4.78, 5) is 9.42. The Morgan fingerprint density at radius 1 is 0.824 bits per heavy atom. The van der Waals surface area contributed by atoms with Crippen molar-refractivity contribution >= 4 is 27.9 Å². The van der Waals surface area contributed by atoms with Crippen LogP contribution in [-0.4, -0.2) is 14.4 Å². The minimum atomic E-state index is 0.409. The molecule has 0 bridgehead atoms. The van der Waals surface area contributed by atoms with Gasteiger partial charge < -0.3 is 4.74 Å². The second-order valence-corrected chi connectivity index (χ2v) is 8.41. The second kappa shape index (κ2) is 8.65. The molecule has 2 heterocycles. The van der Waals surface area contributed by atoms with Crippen LogP contribution in [0.1, 0.15) is 5.56 Å². The smallest absolute Gasteiger partial charge is 0.155 e. The Balaban J connectivity index is 1.47. The molecule has 0 fully saturated rings. The molecular weight excluding hydrogens is 442 g/mol. The molecule has 0 radical (unpaired) electrons.